The molecule has 0 saturated carbocycles. The number of nitrogens with zero attached hydrogens (tertiary/aromatic N) is 1. The molecule has 88 valence electrons. The van der Waals surface area contributed by atoms with Gasteiger partial charge in [0.15, 0.2) is 0 Å². The van der Waals surface area contributed by atoms with E-state index in [1.807, 2.05) is 0 Å². The summed E-state index contributed by atoms with van der Waals surface area (Å²) in [7, 11) is 0. The number of aromatic nitrogens is 2. The zero-order valence-electron chi connectivity index (χ0n) is 8.30. The van der Waals surface area contributed by atoms with Crippen molar-refractivity contribution in [3.05, 3.63) is 33.1 Å². The monoisotopic (exact) mass is 230 g/mol. The molecule has 1 saturated heterocycles. The molecular weight excluding hydrogens is 219 g/mol. The van der Waals surface area contributed by atoms with Crippen LogP contribution in [0.15, 0.2) is 21.9 Å². The Bertz CT molecular complexity index is 483. The van der Waals surface area contributed by atoms with Crippen molar-refractivity contribution < 1.29 is 14.2 Å². The summed E-state index contributed by atoms with van der Waals surface area (Å²) in [6.45, 7) is -0.435. The minimum atomic E-state index is -1.31. The van der Waals surface area contributed by atoms with Crippen LogP contribution in [0.2, 0.25) is 0 Å². The highest BCUT2D eigenvalue weighted by atomic mass is 19.1. The normalized spacial score (nSPS) is 29.5. The SMILES string of the molecule is O=c1ccn([C@@H]2C[C@H](F)[C@H](CO)O2)c(=O)[nH]1. The number of aliphatic hydroxyl groups excluding tert-OH is 1. The molecule has 6 nitrogen and oxygen atoms in total. The first-order valence-electron chi connectivity index (χ1n) is 4.83. The van der Waals surface area contributed by atoms with Crippen LogP contribution in [0, 0.1) is 0 Å². The van der Waals surface area contributed by atoms with E-state index in [-0.39, 0.29) is 6.42 Å². The van der Waals surface area contributed by atoms with Crippen molar-refractivity contribution in [1.82, 2.24) is 9.55 Å². The number of aliphatic hydroxyl groups is 1. The molecule has 7 heteroatoms. The van der Waals surface area contributed by atoms with Crippen molar-refractivity contribution >= 4 is 0 Å². The molecule has 2 N–H and O–H groups in total. The van der Waals surface area contributed by atoms with Gasteiger partial charge in [-0.1, -0.05) is 0 Å². The molecule has 1 aromatic heterocycles. The summed E-state index contributed by atoms with van der Waals surface area (Å²) in [5.41, 5.74) is -1.17. The van der Waals surface area contributed by atoms with Crippen LogP contribution < -0.4 is 11.2 Å². The fourth-order valence-electron chi connectivity index (χ4n) is 1.68. The first-order valence-corrected chi connectivity index (χ1v) is 4.83. The zero-order valence-corrected chi connectivity index (χ0v) is 8.30. The van der Waals surface area contributed by atoms with Gasteiger partial charge in [0.2, 0.25) is 0 Å². The summed E-state index contributed by atoms with van der Waals surface area (Å²) >= 11 is 0. The largest absolute Gasteiger partial charge is 0.394 e. The Balaban J connectivity index is 2.27. The van der Waals surface area contributed by atoms with Gasteiger partial charge >= 0.3 is 5.69 Å². The molecule has 0 radical (unpaired) electrons. The number of aromatic amines is 1. The number of nitrogens with one attached hydrogen (secondary N) is 1. The van der Waals surface area contributed by atoms with Crippen molar-refractivity contribution in [2.75, 3.05) is 6.61 Å². The summed E-state index contributed by atoms with van der Waals surface area (Å²) in [5, 5.41) is 8.80. The Morgan fingerprint density at radius 1 is 1.62 bits per heavy atom. The topological polar surface area (TPSA) is 84.3 Å². The van der Waals surface area contributed by atoms with Gasteiger partial charge in [0.1, 0.15) is 18.5 Å². The lowest BCUT2D eigenvalue weighted by molar-refractivity contribution is -0.0356. The third-order valence-corrected chi connectivity index (χ3v) is 2.50. The molecule has 1 aliphatic heterocycles. The molecule has 0 unspecified atom stereocenters. The average molecular weight is 230 g/mol. The number of hydrogen-bond acceptors (Lipinski definition) is 4. The molecule has 1 fully saturated rings. The second-order valence-corrected chi connectivity index (χ2v) is 3.58. The Morgan fingerprint density at radius 3 is 2.94 bits per heavy atom. The van der Waals surface area contributed by atoms with E-state index in [0.717, 1.165) is 10.6 Å². The fourth-order valence-corrected chi connectivity index (χ4v) is 1.68. The molecule has 0 aliphatic carbocycles. The Labute approximate surface area is 89.3 Å². The van der Waals surface area contributed by atoms with E-state index in [2.05, 4.69) is 4.98 Å². The maximum Gasteiger partial charge on any atom is 0.330 e. The summed E-state index contributed by atoms with van der Waals surface area (Å²) in [5.74, 6) is 0. The van der Waals surface area contributed by atoms with Crippen LogP contribution in [-0.4, -0.2) is 33.5 Å². The van der Waals surface area contributed by atoms with Gasteiger partial charge in [0.05, 0.1) is 6.61 Å². The molecule has 1 aromatic rings. The summed E-state index contributed by atoms with van der Waals surface area (Å²) < 4.78 is 19.5. The fraction of sp³-hybridized carbons (Fsp3) is 0.556. The van der Waals surface area contributed by atoms with Crippen LogP contribution in [0.5, 0.6) is 0 Å². The highest BCUT2D eigenvalue weighted by Crippen LogP contribution is 2.29. The first kappa shape index (κ1) is 11.0. The average Bonchev–Trinajstić information content (AvgIpc) is 2.59. The smallest absolute Gasteiger partial charge is 0.330 e. The van der Waals surface area contributed by atoms with Crippen molar-refractivity contribution in [2.24, 2.45) is 0 Å². The van der Waals surface area contributed by atoms with Gasteiger partial charge in [-0.2, -0.15) is 0 Å². The quantitative estimate of drug-likeness (QED) is 0.693. The number of alkyl halides is 1. The zero-order chi connectivity index (χ0) is 11.7. The lowest BCUT2D eigenvalue weighted by Crippen LogP contribution is -2.31. The molecule has 16 heavy (non-hydrogen) atoms. The summed E-state index contributed by atoms with van der Waals surface area (Å²) in [6, 6.07) is 1.16. The van der Waals surface area contributed by atoms with Crippen LogP contribution >= 0.6 is 0 Å². The highest BCUT2D eigenvalue weighted by molar-refractivity contribution is 4.88. The summed E-state index contributed by atoms with van der Waals surface area (Å²) in [6.07, 6.45) is -1.77. The third-order valence-electron chi connectivity index (χ3n) is 2.50. The van der Waals surface area contributed by atoms with E-state index in [1.165, 1.54) is 6.20 Å². The van der Waals surface area contributed by atoms with E-state index in [1.54, 1.807) is 0 Å². The minimum Gasteiger partial charge on any atom is -0.394 e. The van der Waals surface area contributed by atoms with Gasteiger partial charge in [0.25, 0.3) is 5.56 Å². The van der Waals surface area contributed by atoms with Crippen molar-refractivity contribution in [3.8, 4) is 0 Å². The number of rotatable bonds is 2. The molecule has 1 aliphatic rings. The lowest BCUT2D eigenvalue weighted by Gasteiger charge is -2.13. The first-order chi connectivity index (χ1) is 7.61. The Morgan fingerprint density at radius 2 is 2.38 bits per heavy atom. The molecule has 2 heterocycles. The van der Waals surface area contributed by atoms with Crippen LogP contribution in [0.1, 0.15) is 12.6 Å². The number of hydrogen-bond donors (Lipinski definition) is 2. The molecule has 0 bridgehead atoms. The van der Waals surface area contributed by atoms with Crippen LogP contribution in [0.3, 0.4) is 0 Å². The predicted octanol–water partition coefficient (Wildman–Crippen LogP) is -0.845. The molecule has 0 amide bonds. The second kappa shape index (κ2) is 4.18. The number of ether oxygens (including phenoxy) is 1. The van der Waals surface area contributed by atoms with E-state index < -0.39 is 36.4 Å². The highest BCUT2D eigenvalue weighted by Gasteiger charge is 2.36. The van der Waals surface area contributed by atoms with Gasteiger partial charge in [0, 0.05) is 18.7 Å². The van der Waals surface area contributed by atoms with Crippen LogP contribution in [0.4, 0.5) is 4.39 Å². The number of H-pyrrole nitrogens is 1. The molecule has 3 atom stereocenters. The van der Waals surface area contributed by atoms with Crippen LogP contribution in [0.25, 0.3) is 0 Å². The molecule has 2 rings (SSSR count). The van der Waals surface area contributed by atoms with E-state index in [4.69, 9.17) is 9.84 Å². The van der Waals surface area contributed by atoms with Gasteiger partial charge in [-0.25, -0.2) is 9.18 Å². The van der Waals surface area contributed by atoms with Gasteiger partial charge in [-0.3, -0.25) is 14.3 Å². The van der Waals surface area contributed by atoms with Gasteiger partial charge in [-0.15, -0.1) is 0 Å². The summed E-state index contributed by atoms with van der Waals surface area (Å²) in [4.78, 5) is 24.2. The Hall–Kier alpha value is -1.47. The number of halogens is 1. The second-order valence-electron chi connectivity index (χ2n) is 3.58. The standard InChI is InChI=1S/C9H11FN2O4/c10-5-3-8(16-6(5)4-13)12-2-1-7(14)11-9(12)15/h1-2,5-6,8,13H,3-4H2,(H,11,14,15)/t5-,6-,8-/m0/s1. The van der Waals surface area contributed by atoms with E-state index in [9.17, 15) is 14.0 Å². The molecule has 0 spiro atoms. The maximum absolute atomic E-state index is 13.3. The Kier molecular flexibility index (Phi) is 2.88. The van der Waals surface area contributed by atoms with E-state index >= 15 is 0 Å². The van der Waals surface area contributed by atoms with Crippen molar-refractivity contribution in [1.29, 1.82) is 0 Å². The van der Waals surface area contributed by atoms with E-state index in [0.29, 0.717) is 0 Å². The van der Waals surface area contributed by atoms with Crippen molar-refractivity contribution in [3.63, 3.8) is 0 Å². The minimum absolute atomic E-state index is 0.0167. The van der Waals surface area contributed by atoms with Gasteiger partial charge in [-0.05, 0) is 0 Å². The molecular formula is C9H11FN2O4. The molecule has 0 aromatic carbocycles. The predicted molar refractivity (Wildman–Crippen MR) is 51.8 cm³/mol. The van der Waals surface area contributed by atoms with Crippen molar-refractivity contribution in [2.45, 2.75) is 24.9 Å². The third kappa shape index (κ3) is 1.91. The lowest BCUT2D eigenvalue weighted by atomic mass is 10.2. The van der Waals surface area contributed by atoms with Gasteiger partial charge < -0.3 is 9.84 Å². The maximum atomic E-state index is 13.3. The van der Waals surface area contributed by atoms with Crippen LogP contribution in [-0.2, 0) is 4.74 Å².